The molecule has 0 aliphatic rings. The summed E-state index contributed by atoms with van der Waals surface area (Å²) in [7, 11) is 0. The lowest BCUT2D eigenvalue weighted by Crippen LogP contribution is -2.28. The van der Waals surface area contributed by atoms with Gasteiger partial charge in [-0.15, -0.1) is 0 Å². The van der Waals surface area contributed by atoms with E-state index in [2.05, 4.69) is 15.3 Å². The number of halogens is 3. The predicted octanol–water partition coefficient (Wildman–Crippen LogP) is 6.26. The molecule has 0 fully saturated rings. The number of hydrogen-bond acceptors (Lipinski definition) is 3. The first kappa shape index (κ1) is 21.2. The molecule has 5 nitrogen and oxygen atoms in total. The van der Waals surface area contributed by atoms with Crippen LogP contribution < -0.4 is 5.32 Å². The maximum atomic E-state index is 14.3. The number of imidazole rings is 1. The first-order valence-corrected chi connectivity index (χ1v) is 10.4. The second kappa shape index (κ2) is 8.57. The van der Waals surface area contributed by atoms with Crippen LogP contribution in [0.4, 0.5) is 4.39 Å². The molecule has 4 aromatic rings. The van der Waals surface area contributed by atoms with Crippen molar-refractivity contribution < 1.29 is 14.3 Å². The number of rotatable bonds is 5. The smallest absolute Gasteiger partial charge is 0.251 e. The van der Waals surface area contributed by atoms with E-state index >= 15 is 0 Å². The lowest BCUT2D eigenvalue weighted by Gasteiger charge is -2.17. The average molecular weight is 458 g/mol. The second-order valence-electron chi connectivity index (χ2n) is 7.06. The fraction of sp³-hybridized carbons (Fsp3) is 0.130. The van der Waals surface area contributed by atoms with Crippen molar-refractivity contribution in [2.45, 2.75) is 19.4 Å². The monoisotopic (exact) mass is 457 g/mol. The summed E-state index contributed by atoms with van der Waals surface area (Å²) < 4.78 is 14.3. The Morgan fingerprint density at radius 1 is 1.16 bits per heavy atom. The van der Waals surface area contributed by atoms with Crippen LogP contribution in [0.5, 0.6) is 5.75 Å². The summed E-state index contributed by atoms with van der Waals surface area (Å²) in [6.45, 7) is 1.95. The van der Waals surface area contributed by atoms with Crippen LogP contribution in [0.2, 0.25) is 10.0 Å². The van der Waals surface area contributed by atoms with Gasteiger partial charge in [0.05, 0.1) is 27.2 Å². The van der Waals surface area contributed by atoms with Crippen molar-refractivity contribution in [2.75, 3.05) is 0 Å². The van der Waals surface area contributed by atoms with E-state index in [9.17, 15) is 14.3 Å². The Bertz CT molecular complexity index is 1250. The Kier molecular flexibility index (Phi) is 5.85. The number of H-pyrrole nitrogens is 1. The number of fused-ring (bicyclic) bond motifs is 1. The average Bonchev–Trinajstić information content (AvgIpc) is 3.16. The summed E-state index contributed by atoms with van der Waals surface area (Å²) in [6, 6.07) is 14.0. The highest BCUT2D eigenvalue weighted by atomic mass is 35.5. The molecule has 0 saturated heterocycles. The summed E-state index contributed by atoms with van der Waals surface area (Å²) >= 11 is 12.5. The van der Waals surface area contributed by atoms with Crippen LogP contribution in [0.15, 0.2) is 54.6 Å². The molecule has 1 amide bonds. The molecule has 1 atom stereocenters. The molecule has 1 heterocycles. The zero-order valence-electron chi connectivity index (χ0n) is 16.4. The molecule has 0 aliphatic carbocycles. The predicted molar refractivity (Wildman–Crippen MR) is 120 cm³/mol. The fourth-order valence-electron chi connectivity index (χ4n) is 3.42. The first-order valence-electron chi connectivity index (χ1n) is 9.60. The molecule has 8 heteroatoms. The van der Waals surface area contributed by atoms with Crippen LogP contribution in [-0.4, -0.2) is 21.0 Å². The second-order valence-corrected chi connectivity index (χ2v) is 7.88. The molecular weight excluding hydrogens is 440 g/mol. The molecule has 0 bridgehead atoms. The minimum atomic E-state index is -0.514. The highest BCUT2D eigenvalue weighted by molar-refractivity contribution is 6.35. The van der Waals surface area contributed by atoms with Crippen molar-refractivity contribution in [1.29, 1.82) is 0 Å². The number of hydrogen-bond donors (Lipinski definition) is 3. The van der Waals surface area contributed by atoms with E-state index in [4.69, 9.17) is 23.2 Å². The number of amides is 1. The fourth-order valence-corrected chi connectivity index (χ4v) is 3.93. The largest absolute Gasteiger partial charge is 0.508 e. The number of nitrogens with one attached hydrogen (secondary N) is 2. The van der Waals surface area contributed by atoms with E-state index in [1.54, 1.807) is 36.4 Å². The Morgan fingerprint density at radius 2 is 1.90 bits per heavy atom. The number of aromatic hydroxyl groups is 1. The van der Waals surface area contributed by atoms with Crippen molar-refractivity contribution in [2.24, 2.45) is 0 Å². The summed E-state index contributed by atoms with van der Waals surface area (Å²) in [5.41, 5.74) is 2.26. The van der Waals surface area contributed by atoms with E-state index in [0.29, 0.717) is 23.0 Å². The van der Waals surface area contributed by atoms with Gasteiger partial charge in [-0.3, -0.25) is 4.79 Å². The van der Waals surface area contributed by atoms with Crippen molar-refractivity contribution in [1.82, 2.24) is 15.3 Å². The van der Waals surface area contributed by atoms with Crippen molar-refractivity contribution in [3.8, 4) is 17.1 Å². The third kappa shape index (κ3) is 4.22. The molecule has 3 aromatic carbocycles. The van der Waals surface area contributed by atoms with Gasteiger partial charge >= 0.3 is 0 Å². The molecule has 0 radical (unpaired) electrons. The quantitative estimate of drug-likeness (QED) is 0.330. The zero-order chi connectivity index (χ0) is 22.1. The van der Waals surface area contributed by atoms with Gasteiger partial charge < -0.3 is 15.4 Å². The van der Waals surface area contributed by atoms with Gasteiger partial charge in [-0.2, -0.15) is 0 Å². The van der Waals surface area contributed by atoms with E-state index in [0.717, 1.165) is 5.56 Å². The van der Waals surface area contributed by atoms with Crippen molar-refractivity contribution in [3.05, 3.63) is 81.6 Å². The molecule has 4 rings (SSSR count). The van der Waals surface area contributed by atoms with E-state index in [1.807, 2.05) is 6.92 Å². The third-order valence-electron chi connectivity index (χ3n) is 5.01. The number of aromatic amines is 1. The normalized spacial score (nSPS) is 12.1. The molecule has 1 unspecified atom stereocenters. The Labute approximate surface area is 187 Å². The van der Waals surface area contributed by atoms with Crippen LogP contribution in [0.3, 0.4) is 0 Å². The topological polar surface area (TPSA) is 78.0 Å². The van der Waals surface area contributed by atoms with Crippen LogP contribution >= 0.6 is 23.2 Å². The molecule has 1 aromatic heterocycles. The van der Waals surface area contributed by atoms with E-state index in [1.165, 1.54) is 18.2 Å². The maximum Gasteiger partial charge on any atom is 0.251 e. The Hall–Kier alpha value is -3.09. The Morgan fingerprint density at radius 3 is 2.58 bits per heavy atom. The van der Waals surface area contributed by atoms with Gasteiger partial charge in [0.2, 0.25) is 0 Å². The number of carbonyl (C=O) groups is 1. The lowest BCUT2D eigenvalue weighted by atomic mass is 10.0. The van der Waals surface area contributed by atoms with Gasteiger partial charge in [0.25, 0.3) is 5.91 Å². The van der Waals surface area contributed by atoms with Crippen molar-refractivity contribution in [3.63, 3.8) is 0 Å². The minimum Gasteiger partial charge on any atom is -0.508 e. The molecule has 31 heavy (non-hydrogen) atoms. The van der Waals surface area contributed by atoms with Crippen LogP contribution in [0.25, 0.3) is 22.4 Å². The standard InChI is InChI=1S/C23H18Cl2FN3O2/c1-2-18(12-6-8-14(30)9-7-12)28-23(31)13-10-16(25)21-19(11-13)27-22(29-21)20-15(24)4-3-5-17(20)26/h3-11,18,30H,2H2,1H3,(H,27,29)(H,28,31). The van der Waals surface area contributed by atoms with Crippen LogP contribution in [0, 0.1) is 5.82 Å². The van der Waals surface area contributed by atoms with Gasteiger partial charge in [0.1, 0.15) is 22.9 Å². The van der Waals surface area contributed by atoms with Crippen molar-refractivity contribution >= 4 is 40.1 Å². The first-order chi connectivity index (χ1) is 14.9. The number of phenolic OH excluding ortho intramolecular Hbond substituents is 1. The third-order valence-corrected chi connectivity index (χ3v) is 5.61. The number of nitrogens with zero attached hydrogens (tertiary/aromatic N) is 1. The van der Waals surface area contributed by atoms with Gasteiger partial charge in [-0.05, 0) is 48.4 Å². The number of aromatic nitrogens is 2. The van der Waals surface area contributed by atoms with Crippen LogP contribution in [0.1, 0.15) is 35.3 Å². The minimum absolute atomic E-state index is 0.140. The highest BCUT2D eigenvalue weighted by Gasteiger charge is 2.19. The number of phenols is 1. The molecular formula is C23H18Cl2FN3O2. The van der Waals surface area contributed by atoms with Gasteiger partial charge in [0.15, 0.2) is 0 Å². The molecule has 0 saturated carbocycles. The Balaban J connectivity index is 1.67. The van der Waals surface area contributed by atoms with Gasteiger partial charge in [-0.25, -0.2) is 9.37 Å². The summed E-state index contributed by atoms with van der Waals surface area (Å²) in [6.07, 6.45) is 0.659. The molecule has 158 valence electrons. The summed E-state index contributed by atoms with van der Waals surface area (Å²) in [5, 5.41) is 12.9. The summed E-state index contributed by atoms with van der Waals surface area (Å²) in [5.74, 6) is -0.440. The zero-order valence-corrected chi connectivity index (χ0v) is 17.9. The highest BCUT2D eigenvalue weighted by Crippen LogP contribution is 2.32. The lowest BCUT2D eigenvalue weighted by molar-refractivity contribution is 0.0935. The summed E-state index contributed by atoms with van der Waals surface area (Å²) in [4.78, 5) is 20.3. The van der Waals surface area contributed by atoms with Gasteiger partial charge in [0, 0.05) is 5.56 Å². The van der Waals surface area contributed by atoms with Gasteiger partial charge in [-0.1, -0.05) is 48.3 Å². The van der Waals surface area contributed by atoms with E-state index in [-0.39, 0.29) is 39.1 Å². The SMILES string of the molecule is CCC(NC(=O)c1cc(Cl)c2nc(-c3c(F)cccc3Cl)[nH]c2c1)c1ccc(O)cc1. The maximum absolute atomic E-state index is 14.3. The van der Waals surface area contributed by atoms with E-state index < -0.39 is 5.82 Å². The molecule has 3 N–H and O–H groups in total. The molecule has 0 aliphatic heterocycles. The molecule has 0 spiro atoms. The number of carbonyl (C=O) groups excluding carboxylic acids is 1. The van der Waals surface area contributed by atoms with Crippen LogP contribution in [-0.2, 0) is 0 Å². The number of benzene rings is 3.